The lowest BCUT2D eigenvalue weighted by molar-refractivity contribution is -0.135. The molecule has 0 bridgehead atoms. The highest BCUT2D eigenvalue weighted by atomic mass is 32.2. The summed E-state index contributed by atoms with van der Waals surface area (Å²) in [6.45, 7) is 4.23. The summed E-state index contributed by atoms with van der Waals surface area (Å²) in [6, 6.07) is 6.49. The number of nitrogens with one attached hydrogen (secondary N) is 1. The minimum atomic E-state index is -3.66. The van der Waals surface area contributed by atoms with Crippen molar-refractivity contribution < 1.29 is 17.9 Å². The van der Waals surface area contributed by atoms with Crippen molar-refractivity contribution in [3.63, 3.8) is 0 Å². The van der Waals surface area contributed by atoms with Crippen LogP contribution < -0.4 is 4.83 Å². The SMILES string of the molecule is Cc1ccc(S(=O)(=O)N/N=C\CCC(=O)N2CCOCC2)cc1. The fourth-order valence-electron chi connectivity index (χ4n) is 2.10. The van der Waals surface area contributed by atoms with Crippen molar-refractivity contribution in [1.29, 1.82) is 0 Å². The van der Waals surface area contributed by atoms with Gasteiger partial charge in [0.25, 0.3) is 10.0 Å². The van der Waals surface area contributed by atoms with Gasteiger partial charge in [-0.15, -0.1) is 0 Å². The lowest BCUT2D eigenvalue weighted by Gasteiger charge is -2.26. The normalized spacial score (nSPS) is 15.8. The molecule has 0 saturated carbocycles. The molecular weight excluding hydrogens is 318 g/mol. The third-order valence-electron chi connectivity index (χ3n) is 3.45. The molecule has 1 amide bonds. The Kier molecular flexibility index (Phi) is 6.12. The second-order valence-electron chi connectivity index (χ2n) is 5.25. The van der Waals surface area contributed by atoms with Crippen LogP contribution in [0.15, 0.2) is 34.3 Å². The van der Waals surface area contributed by atoms with Crippen molar-refractivity contribution >= 4 is 22.1 Å². The molecule has 0 spiro atoms. The first-order valence-electron chi connectivity index (χ1n) is 7.44. The molecule has 0 aliphatic carbocycles. The number of amides is 1. The number of ether oxygens (including phenoxy) is 1. The summed E-state index contributed by atoms with van der Waals surface area (Å²) < 4.78 is 29.1. The van der Waals surface area contributed by atoms with Gasteiger partial charge in [-0.05, 0) is 25.5 Å². The topological polar surface area (TPSA) is 88.1 Å². The van der Waals surface area contributed by atoms with E-state index >= 15 is 0 Å². The summed E-state index contributed by atoms with van der Waals surface area (Å²) in [5, 5.41) is 3.70. The molecule has 7 nitrogen and oxygen atoms in total. The summed E-state index contributed by atoms with van der Waals surface area (Å²) in [5.41, 5.74) is 0.981. The first kappa shape index (κ1) is 17.4. The van der Waals surface area contributed by atoms with E-state index in [1.165, 1.54) is 18.3 Å². The van der Waals surface area contributed by atoms with Crippen molar-refractivity contribution in [2.24, 2.45) is 5.10 Å². The van der Waals surface area contributed by atoms with Crippen LogP contribution in [-0.2, 0) is 19.6 Å². The molecule has 126 valence electrons. The number of hydrazone groups is 1. The summed E-state index contributed by atoms with van der Waals surface area (Å²) in [5.74, 6) is 0.0288. The number of hydrogen-bond donors (Lipinski definition) is 1. The second-order valence-corrected chi connectivity index (χ2v) is 6.91. The van der Waals surface area contributed by atoms with Gasteiger partial charge in [-0.25, -0.2) is 4.83 Å². The second kappa shape index (κ2) is 8.07. The van der Waals surface area contributed by atoms with E-state index in [4.69, 9.17) is 4.74 Å². The Hall–Kier alpha value is -1.93. The Balaban J connectivity index is 1.77. The Morgan fingerprint density at radius 1 is 1.30 bits per heavy atom. The van der Waals surface area contributed by atoms with Crippen LogP contribution in [0.5, 0.6) is 0 Å². The number of morpholine rings is 1. The molecule has 1 N–H and O–H groups in total. The van der Waals surface area contributed by atoms with E-state index in [-0.39, 0.29) is 10.8 Å². The van der Waals surface area contributed by atoms with E-state index in [1.807, 2.05) is 6.92 Å². The molecule has 1 aromatic rings. The molecule has 0 radical (unpaired) electrons. The molecule has 1 aliphatic rings. The number of benzene rings is 1. The molecule has 1 saturated heterocycles. The number of aryl methyl sites for hydroxylation is 1. The largest absolute Gasteiger partial charge is 0.378 e. The first-order chi connectivity index (χ1) is 11.0. The molecule has 1 fully saturated rings. The van der Waals surface area contributed by atoms with E-state index in [0.717, 1.165) is 5.56 Å². The first-order valence-corrected chi connectivity index (χ1v) is 8.93. The zero-order chi connectivity index (χ0) is 16.7. The average Bonchev–Trinajstić information content (AvgIpc) is 2.55. The third-order valence-corrected chi connectivity index (χ3v) is 4.69. The standard InChI is InChI=1S/C15H21N3O4S/c1-13-4-6-14(7-5-13)23(20,21)17-16-8-2-3-15(19)18-9-11-22-12-10-18/h4-8,17H,2-3,9-12H2,1H3/b16-8-. The summed E-state index contributed by atoms with van der Waals surface area (Å²) >= 11 is 0. The highest BCUT2D eigenvalue weighted by Gasteiger charge is 2.16. The quantitative estimate of drug-likeness (QED) is 0.616. The van der Waals surface area contributed by atoms with Crippen LogP contribution in [0.3, 0.4) is 0 Å². The minimum absolute atomic E-state index is 0.0288. The van der Waals surface area contributed by atoms with Crippen molar-refractivity contribution in [3.05, 3.63) is 29.8 Å². The van der Waals surface area contributed by atoms with Crippen LogP contribution in [0.4, 0.5) is 0 Å². The Labute approximate surface area is 136 Å². The van der Waals surface area contributed by atoms with Crippen LogP contribution in [0, 0.1) is 6.92 Å². The van der Waals surface area contributed by atoms with Gasteiger partial charge in [0.1, 0.15) is 0 Å². The summed E-state index contributed by atoms with van der Waals surface area (Å²) in [4.78, 5) is 15.9. The molecule has 0 aromatic heterocycles. The fraction of sp³-hybridized carbons (Fsp3) is 0.467. The monoisotopic (exact) mass is 339 g/mol. The zero-order valence-corrected chi connectivity index (χ0v) is 13.9. The highest BCUT2D eigenvalue weighted by Crippen LogP contribution is 2.09. The summed E-state index contributed by atoms with van der Waals surface area (Å²) in [6.07, 6.45) is 2.09. The molecule has 1 heterocycles. The van der Waals surface area contributed by atoms with Gasteiger partial charge in [0.05, 0.1) is 18.1 Å². The third kappa shape index (κ3) is 5.33. The number of nitrogens with zero attached hydrogens (tertiary/aromatic N) is 2. The minimum Gasteiger partial charge on any atom is -0.378 e. The highest BCUT2D eigenvalue weighted by molar-refractivity contribution is 7.89. The maximum Gasteiger partial charge on any atom is 0.276 e. The summed E-state index contributed by atoms with van der Waals surface area (Å²) in [7, 11) is -3.66. The van der Waals surface area contributed by atoms with Gasteiger partial charge in [-0.1, -0.05) is 17.7 Å². The lowest BCUT2D eigenvalue weighted by atomic mass is 10.2. The molecule has 1 aromatic carbocycles. The zero-order valence-electron chi connectivity index (χ0n) is 13.1. The van der Waals surface area contributed by atoms with Crippen LogP contribution in [0.2, 0.25) is 0 Å². The van der Waals surface area contributed by atoms with Gasteiger partial charge in [0.2, 0.25) is 5.91 Å². The molecule has 2 rings (SSSR count). The predicted octanol–water partition coefficient (Wildman–Crippen LogP) is 0.898. The Morgan fingerprint density at radius 3 is 2.61 bits per heavy atom. The predicted molar refractivity (Wildman–Crippen MR) is 86.6 cm³/mol. The maximum atomic E-state index is 12.0. The number of hydrogen-bond acceptors (Lipinski definition) is 5. The molecule has 23 heavy (non-hydrogen) atoms. The van der Waals surface area contributed by atoms with Crippen molar-refractivity contribution in [2.75, 3.05) is 26.3 Å². The van der Waals surface area contributed by atoms with E-state index < -0.39 is 10.0 Å². The maximum absolute atomic E-state index is 12.0. The van der Waals surface area contributed by atoms with Crippen LogP contribution in [0.1, 0.15) is 18.4 Å². The van der Waals surface area contributed by atoms with Gasteiger partial charge >= 0.3 is 0 Å². The molecule has 8 heteroatoms. The Bertz CT molecular complexity index is 650. The van der Waals surface area contributed by atoms with Gasteiger partial charge in [0, 0.05) is 25.7 Å². The lowest BCUT2D eigenvalue weighted by Crippen LogP contribution is -2.40. The van der Waals surface area contributed by atoms with Crippen LogP contribution >= 0.6 is 0 Å². The number of carbonyl (C=O) groups excluding carboxylic acids is 1. The van der Waals surface area contributed by atoms with E-state index in [9.17, 15) is 13.2 Å². The smallest absolute Gasteiger partial charge is 0.276 e. The molecule has 1 aliphatic heterocycles. The average molecular weight is 339 g/mol. The van der Waals surface area contributed by atoms with Crippen molar-refractivity contribution in [2.45, 2.75) is 24.7 Å². The van der Waals surface area contributed by atoms with Gasteiger partial charge in [-0.2, -0.15) is 13.5 Å². The molecule has 0 atom stereocenters. The van der Waals surface area contributed by atoms with Gasteiger partial charge in [0.15, 0.2) is 0 Å². The van der Waals surface area contributed by atoms with Gasteiger partial charge < -0.3 is 9.64 Å². The Morgan fingerprint density at radius 2 is 1.96 bits per heavy atom. The van der Waals surface area contributed by atoms with Gasteiger partial charge in [-0.3, -0.25) is 4.79 Å². The van der Waals surface area contributed by atoms with Crippen LogP contribution in [0.25, 0.3) is 0 Å². The van der Waals surface area contributed by atoms with E-state index in [0.29, 0.717) is 39.1 Å². The van der Waals surface area contributed by atoms with Crippen molar-refractivity contribution in [1.82, 2.24) is 9.73 Å². The van der Waals surface area contributed by atoms with Crippen molar-refractivity contribution in [3.8, 4) is 0 Å². The van der Waals surface area contributed by atoms with E-state index in [1.54, 1.807) is 17.0 Å². The van der Waals surface area contributed by atoms with E-state index in [2.05, 4.69) is 9.93 Å². The molecule has 0 unspecified atom stereocenters. The number of sulfonamides is 1. The number of rotatable bonds is 6. The molecular formula is C15H21N3O4S. The number of carbonyl (C=O) groups is 1. The fourth-order valence-corrected chi connectivity index (χ4v) is 2.91. The van der Waals surface area contributed by atoms with Crippen LogP contribution in [-0.4, -0.2) is 51.7 Å².